The minimum Gasteiger partial charge on any atom is -0.398 e. The van der Waals surface area contributed by atoms with Gasteiger partial charge in [0.25, 0.3) is 0 Å². The lowest BCUT2D eigenvalue weighted by Gasteiger charge is -2.09. The first kappa shape index (κ1) is 13.4. The fraction of sp³-hybridized carbons (Fsp3) is 0. The summed E-state index contributed by atoms with van der Waals surface area (Å²) in [4.78, 5) is 11.7. The molecule has 0 saturated carbocycles. The molecule has 0 aliphatic carbocycles. The van der Waals surface area contributed by atoms with Crippen molar-refractivity contribution in [2.45, 2.75) is 0 Å². The molecule has 0 unspecified atom stereocenters. The highest BCUT2D eigenvalue weighted by Gasteiger charge is 2.07. The Labute approximate surface area is 117 Å². The van der Waals surface area contributed by atoms with Crippen molar-refractivity contribution in [1.82, 2.24) is 0 Å². The van der Waals surface area contributed by atoms with E-state index in [1.807, 2.05) is 0 Å². The minimum atomic E-state index is -0.526. The van der Waals surface area contributed by atoms with Crippen molar-refractivity contribution in [3.05, 3.63) is 52.8 Å². The van der Waals surface area contributed by atoms with Gasteiger partial charge in [-0.25, -0.2) is 9.18 Å². The molecule has 2 amide bonds. The van der Waals surface area contributed by atoms with Crippen molar-refractivity contribution < 1.29 is 9.18 Å². The van der Waals surface area contributed by atoms with E-state index < -0.39 is 11.8 Å². The number of nitrogen functional groups attached to an aromatic ring is 1. The summed E-state index contributed by atoms with van der Waals surface area (Å²) in [5.41, 5.74) is 6.88. The van der Waals surface area contributed by atoms with Gasteiger partial charge in [0, 0.05) is 15.8 Å². The monoisotopic (exact) mass is 323 g/mol. The zero-order chi connectivity index (χ0) is 13.8. The number of urea groups is 1. The number of hydrogen-bond donors (Lipinski definition) is 3. The maximum atomic E-state index is 13.3. The van der Waals surface area contributed by atoms with Crippen LogP contribution in [0.3, 0.4) is 0 Å². The van der Waals surface area contributed by atoms with Crippen LogP contribution in [0.25, 0.3) is 0 Å². The Balaban J connectivity index is 2.05. The number of anilines is 3. The lowest BCUT2D eigenvalue weighted by Crippen LogP contribution is -2.20. The molecule has 0 spiro atoms. The first-order valence-electron chi connectivity index (χ1n) is 5.44. The maximum Gasteiger partial charge on any atom is 0.323 e. The van der Waals surface area contributed by atoms with Crippen molar-refractivity contribution in [3.8, 4) is 0 Å². The summed E-state index contributed by atoms with van der Waals surface area (Å²) in [5, 5.41) is 5.00. The van der Waals surface area contributed by atoms with Gasteiger partial charge in [0.1, 0.15) is 5.82 Å². The first-order valence-corrected chi connectivity index (χ1v) is 6.23. The van der Waals surface area contributed by atoms with E-state index >= 15 is 0 Å². The third-order valence-corrected chi connectivity index (χ3v) is 3.07. The van der Waals surface area contributed by atoms with Gasteiger partial charge in [-0.05, 0) is 46.3 Å². The second kappa shape index (κ2) is 5.71. The Bertz CT molecular complexity index is 619. The van der Waals surface area contributed by atoms with Crippen molar-refractivity contribution >= 4 is 39.0 Å². The Morgan fingerprint density at radius 1 is 1.16 bits per heavy atom. The van der Waals surface area contributed by atoms with Gasteiger partial charge in [0.05, 0.1) is 5.69 Å². The number of nitrogens with two attached hydrogens (primary N) is 1. The van der Waals surface area contributed by atoms with Crippen LogP contribution in [0.1, 0.15) is 0 Å². The molecule has 0 fully saturated rings. The summed E-state index contributed by atoms with van der Waals surface area (Å²) in [7, 11) is 0. The summed E-state index contributed by atoms with van der Waals surface area (Å²) in [5.74, 6) is -0.490. The molecule has 0 atom stereocenters. The molecule has 98 valence electrons. The van der Waals surface area contributed by atoms with Crippen LogP contribution < -0.4 is 16.4 Å². The summed E-state index contributed by atoms with van der Waals surface area (Å²) < 4.78 is 14.0. The molecular formula is C13H11BrFN3O. The van der Waals surface area contributed by atoms with Crippen molar-refractivity contribution in [2.75, 3.05) is 16.4 Å². The van der Waals surface area contributed by atoms with E-state index in [4.69, 9.17) is 5.73 Å². The number of carbonyl (C=O) groups is 1. The summed E-state index contributed by atoms with van der Waals surface area (Å²) >= 11 is 3.26. The lowest BCUT2D eigenvalue weighted by atomic mass is 10.3. The fourth-order valence-corrected chi connectivity index (χ4v) is 1.83. The highest BCUT2D eigenvalue weighted by molar-refractivity contribution is 9.10. The van der Waals surface area contributed by atoms with Crippen LogP contribution in [0.15, 0.2) is 46.9 Å². The lowest BCUT2D eigenvalue weighted by molar-refractivity contribution is 0.262. The summed E-state index contributed by atoms with van der Waals surface area (Å²) in [6.07, 6.45) is 0. The average molecular weight is 324 g/mol. The van der Waals surface area contributed by atoms with Gasteiger partial charge in [-0.15, -0.1) is 0 Å². The topological polar surface area (TPSA) is 67.1 Å². The van der Waals surface area contributed by atoms with Gasteiger partial charge in [-0.2, -0.15) is 0 Å². The maximum absolute atomic E-state index is 13.3. The van der Waals surface area contributed by atoms with E-state index in [0.29, 0.717) is 15.8 Å². The predicted octanol–water partition coefficient (Wildman–Crippen LogP) is 3.81. The van der Waals surface area contributed by atoms with Crippen LogP contribution in [-0.4, -0.2) is 6.03 Å². The quantitative estimate of drug-likeness (QED) is 0.735. The highest BCUT2D eigenvalue weighted by atomic mass is 79.9. The Morgan fingerprint density at radius 3 is 2.58 bits per heavy atom. The normalized spacial score (nSPS) is 10.0. The van der Waals surface area contributed by atoms with Crippen LogP contribution in [0.4, 0.5) is 26.2 Å². The van der Waals surface area contributed by atoms with Crippen molar-refractivity contribution in [1.29, 1.82) is 0 Å². The standard InChI is InChI=1S/C13H11BrFN3O/c14-9-7-8(5-6-11(9)16)17-13(19)18-12-4-2-1-3-10(12)15/h1-7H,16H2,(H2,17,18,19). The molecule has 0 radical (unpaired) electrons. The second-order valence-corrected chi connectivity index (χ2v) is 4.65. The van der Waals surface area contributed by atoms with Gasteiger partial charge in [-0.1, -0.05) is 12.1 Å². The molecule has 0 bridgehead atoms. The molecule has 2 aromatic carbocycles. The highest BCUT2D eigenvalue weighted by Crippen LogP contribution is 2.23. The molecule has 4 N–H and O–H groups in total. The Morgan fingerprint density at radius 2 is 1.89 bits per heavy atom. The van der Waals surface area contributed by atoms with E-state index in [0.717, 1.165) is 0 Å². The number of nitrogens with one attached hydrogen (secondary N) is 2. The van der Waals surface area contributed by atoms with Gasteiger partial charge < -0.3 is 16.4 Å². The summed E-state index contributed by atoms with van der Waals surface area (Å²) in [6, 6.07) is 10.4. The predicted molar refractivity (Wildman–Crippen MR) is 77.6 cm³/mol. The molecule has 0 aromatic heterocycles. The summed E-state index contributed by atoms with van der Waals surface area (Å²) in [6.45, 7) is 0. The molecular weight excluding hydrogens is 313 g/mol. The Kier molecular flexibility index (Phi) is 4.01. The third kappa shape index (κ3) is 3.45. The number of carbonyl (C=O) groups excluding carboxylic acids is 1. The number of benzene rings is 2. The number of amides is 2. The molecule has 0 aliphatic heterocycles. The molecule has 0 saturated heterocycles. The molecule has 0 aliphatic rings. The smallest absolute Gasteiger partial charge is 0.323 e. The van der Waals surface area contributed by atoms with E-state index in [1.54, 1.807) is 30.3 Å². The second-order valence-electron chi connectivity index (χ2n) is 3.80. The number of hydrogen-bond acceptors (Lipinski definition) is 2. The Hall–Kier alpha value is -2.08. The molecule has 0 heterocycles. The first-order chi connectivity index (χ1) is 9.06. The molecule has 2 aromatic rings. The van der Waals surface area contributed by atoms with Crippen LogP contribution in [0.2, 0.25) is 0 Å². The molecule has 6 heteroatoms. The molecule has 19 heavy (non-hydrogen) atoms. The average Bonchev–Trinajstić information content (AvgIpc) is 2.37. The van der Waals surface area contributed by atoms with Gasteiger partial charge in [-0.3, -0.25) is 0 Å². The number of rotatable bonds is 2. The third-order valence-electron chi connectivity index (χ3n) is 2.38. The van der Waals surface area contributed by atoms with Crippen LogP contribution >= 0.6 is 15.9 Å². The number of para-hydroxylation sites is 1. The van der Waals surface area contributed by atoms with E-state index in [-0.39, 0.29) is 5.69 Å². The fourth-order valence-electron chi connectivity index (χ4n) is 1.45. The van der Waals surface area contributed by atoms with E-state index in [1.165, 1.54) is 12.1 Å². The zero-order valence-electron chi connectivity index (χ0n) is 9.78. The zero-order valence-corrected chi connectivity index (χ0v) is 11.4. The molecule has 2 rings (SSSR count). The van der Waals surface area contributed by atoms with Crippen molar-refractivity contribution in [3.63, 3.8) is 0 Å². The van der Waals surface area contributed by atoms with E-state index in [2.05, 4.69) is 26.6 Å². The minimum absolute atomic E-state index is 0.120. The van der Waals surface area contributed by atoms with Gasteiger partial charge in [0.2, 0.25) is 0 Å². The largest absolute Gasteiger partial charge is 0.398 e. The van der Waals surface area contributed by atoms with Gasteiger partial charge >= 0.3 is 6.03 Å². The van der Waals surface area contributed by atoms with Crippen LogP contribution in [0, 0.1) is 5.82 Å². The number of halogens is 2. The van der Waals surface area contributed by atoms with Crippen LogP contribution in [0.5, 0.6) is 0 Å². The SMILES string of the molecule is Nc1ccc(NC(=O)Nc2ccccc2F)cc1Br. The van der Waals surface area contributed by atoms with E-state index in [9.17, 15) is 9.18 Å². The van der Waals surface area contributed by atoms with Gasteiger partial charge in [0.15, 0.2) is 0 Å². The van der Waals surface area contributed by atoms with Crippen molar-refractivity contribution in [2.24, 2.45) is 0 Å². The van der Waals surface area contributed by atoms with Crippen LogP contribution in [-0.2, 0) is 0 Å². The molecule has 4 nitrogen and oxygen atoms in total.